The van der Waals surface area contributed by atoms with E-state index in [1.54, 1.807) is 24.2 Å². The number of rotatable bonds is 6. The zero-order chi connectivity index (χ0) is 15.1. The van der Waals surface area contributed by atoms with Crippen molar-refractivity contribution in [3.63, 3.8) is 0 Å². The van der Waals surface area contributed by atoms with E-state index in [9.17, 15) is 9.90 Å². The molecule has 1 aliphatic rings. The van der Waals surface area contributed by atoms with Crippen molar-refractivity contribution in [2.24, 2.45) is 0 Å². The van der Waals surface area contributed by atoms with Gasteiger partial charge in [-0.05, 0) is 25.0 Å². The van der Waals surface area contributed by atoms with E-state index in [0.717, 1.165) is 37.0 Å². The number of nitrogens with zero attached hydrogens (tertiary/aromatic N) is 1. The Hall–Kier alpha value is -1.81. The molecule has 0 aliphatic heterocycles. The summed E-state index contributed by atoms with van der Waals surface area (Å²) < 4.78 is 5.27. The quantitative estimate of drug-likeness (QED) is 0.819. The topological polar surface area (TPSA) is 49.8 Å². The number of carbonyl (C=O) groups is 1. The Morgan fingerprint density at radius 2 is 2.10 bits per heavy atom. The highest BCUT2D eigenvalue weighted by molar-refractivity contribution is 5.92. The van der Waals surface area contributed by atoms with Gasteiger partial charge in [-0.1, -0.05) is 31.0 Å². The summed E-state index contributed by atoms with van der Waals surface area (Å²) in [4.78, 5) is 14.2. The molecule has 0 atom stereocenters. The highest BCUT2D eigenvalue weighted by Gasteiger charge is 2.24. The molecule has 1 aromatic carbocycles. The Kier molecular flexibility index (Phi) is 5.81. The summed E-state index contributed by atoms with van der Waals surface area (Å²) in [7, 11) is 1.62. The number of aliphatic hydroxyl groups excluding tert-OH is 1. The zero-order valence-electron chi connectivity index (χ0n) is 12.5. The zero-order valence-corrected chi connectivity index (χ0v) is 12.5. The molecule has 0 saturated heterocycles. The van der Waals surface area contributed by atoms with Crippen LogP contribution in [0, 0.1) is 0 Å². The average Bonchev–Trinajstić information content (AvgIpc) is 3.04. The van der Waals surface area contributed by atoms with Crippen LogP contribution >= 0.6 is 0 Å². The maximum Gasteiger partial charge on any atom is 0.246 e. The van der Waals surface area contributed by atoms with Crippen LogP contribution in [0.3, 0.4) is 0 Å². The van der Waals surface area contributed by atoms with Gasteiger partial charge in [-0.15, -0.1) is 0 Å². The minimum atomic E-state index is -0.0399. The molecule has 0 radical (unpaired) electrons. The van der Waals surface area contributed by atoms with Crippen LogP contribution in [0.25, 0.3) is 6.08 Å². The molecule has 0 spiro atoms. The van der Waals surface area contributed by atoms with Crippen molar-refractivity contribution in [3.8, 4) is 5.75 Å². The minimum absolute atomic E-state index is 0.00470. The summed E-state index contributed by atoms with van der Waals surface area (Å²) in [5.41, 5.74) is 0.878. The van der Waals surface area contributed by atoms with Gasteiger partial charge in [0.05, 0.1) is 13.7 Å². The van der Waals surface area contributed by atoms with Crippen LogP contribution in [0.4, 0.5) is 0 Å². The van der Waals surface area contributed by atoms with Crippen molar-refractivity contribution < 1.29 is 14.6 Å². The number of hydrogen-bond acceptors (Lipinski definition) is 3. The molecule has 1 aliphatic carbocycles. The van der Waals surface area contributed by atoms with Gasteiger partial charge in [0.15, 0.2) is 0 Å². The monoisotopic (exact) mass is 289 g/mol. The Morgan fingerprint density at radius 1 is 1.38 bits per heavy atom. The molecule has 0 heterocycles. The molecule has 1 amide bonds. The van der Waals surface area contributed by atoms with E-state index in [4.69, 9.17) is 4.74 Å². The van der Waals surface area contributed by atoms with E-state index in [0.29, 0.717) is 6.54 Å². The van der Waals surface area contributed by atoms with Crippen LogP contribution in [-0.2, 0) is 4.79 Å². The third kappa shape index (κ3) is 4.08. The average molecular weight is 289 g/mol. The number of ether oxygens (including phenoxy) is 1. The van der Waals surface area contributed by atoms with E-state index < -0.39 is 0 Å². The van der Waals surface area contributed by atoms with Crippen molar-refractivity contribution in [2.45, 2.75) is 31.7 Å². The minimum Gasteiger partial charge on any atom is -0.496 e. The van der Waals surface area contributed by atoms with Gasteiger partial charge in [0.25, 0.3) is 0 Å². The lowest BCUT2D eigenvalue weighted by Crippen LogP contribution is -2.39. The van der Waals surface area contributed by atoms with E-state index in [1.165, 1.54) is 0 Å². The summed E-state index contributed by atoms with van der Waals surface area (Å²) in [6.07, 6.45) is 7.75. The van der Waals surface area contributed by atoms with E-state index in [1.807, 2.05) is 24.3 Å². The fraction of sp³-hybridized carbons (Fsp3) is 0.471. The van der Waals surface area contributed by atoms with Crippen LogP contribution < -0.4 is 4.74 Å². The molecular formula is C17H23NO3. The van der Waals surface area contributed by atoms with Crippen molar-refractivity contribution >= 4 is 12.0 Å². The van der Waals surface area contributed by atoms with Gasteiger partial charge in [-0.3, -0.25) is 4.79 Å². The molecule has 1 N–H and O–H groups in total. The maximum absolute atomic E-state index is 12.4. The fourth-order valence-corrected chi connectivity index (χ4v) is 2.86. The van der Waals surface area contributed by atoms with Crippen LogP contribution in [-0.4, -0.2) is 42.2 Å². The fourth-order valence-electron chi connectivity index (χ4n) is 2.86. The second-order valence-electron chi connectivity index (χ2n) is 5.27. The van der Waals surface area contributed by atoms with Crippen molar-refractivity contribution in [3.05, 3.63) is 35.9 Å². The molecule has 1 aromatic rings. The highest BCUT2D eigenvalue weighted by atomic mass is 16.5. The van der Waals surface area contributed by atoms with Gasteiger partial charge in [0, 0.05) is 24.2 Å². The lowest BCUT2D eigenvalue weighted by Gasteiger charge is -2.27. The molecule has 21 heavy (non-hydrogen) atoms. The number of para-hydroxylation sites is 1. The van der Waals surface area contributed by atoms with Crippen molar-refractivity contribution in [1.29, 1.82) is 0 Å². The molecule has 0 unspecified atom stereocenters. The molecule has 114 valence electrons. The lowest BCUT2D eigenvalue weighted by atomic mass is 10.1. The largest absolute Gasteiger partial charge is 0.496 e. The van der Waals surface area contributed by atoms with Gasteiger partial charge < -0.3 is 14.7 Å². The van der Waals surface area contributed by atoms with E-state index in [2.05, 4.69) is 0 Å². The van der Waals surface area contributed by atoms with E-state index >= 15 is 0 Å². The van der Waals surface area contributed by atoms with Crippen LogP contribution in [0.5, 0.6) is 5.75 Å². The molecule has 1 saturated carbocycles. The standard InChI is InChI=1S/C17H23NO3/c1-21-16-9-5-2-6-14(16)10-11-17(20)18(12-13-19)15-7-3-4-8-15/h2,5-6,9-11,15,19H,3-4,7-8,12-13H2,1H3. The third-order valence-corrected chi connectivity index (χ3v) is 3.93. The van der Waals surface area contributed by atoms with Crippen molar-refractivity contribution in [1.82, 2.24) is 4.90 Å². The summed E-state index contributed by atoms with van der Waals surface area (Å²) in [6, 6.07) is 7.86. The number of hydrogen-bond donors (Lipinski definition) is 1. The molecule has 1 fully saturated rings. The Labute approximate surface area is 126 Å². The highest BCUT2D eigenvalue weighted by Crippen LogP contribution is 2.24. The Morgan fingerprint density at radius 3 is 2.76 bits per heavy atom. The summed E-state index contributed by atoms with van der Waals surface area (Å²) in [6.45, 7) is 0.407. The predicted octanol–water partition coefficient (Wildman–Crippen LogP) is 2.47. The number of carbonyl (C=O) groups excluding carboxylic acids is 1. The first-order valence-electron chi connectivity index (χ1n) is 7.49. The molecular weight excluding hydrogens is 266 g/mol. The maximum atomic E-state index is 12.4. The first-order chi connectivity index (χ1) is 10.3. The van der Waals surface area contributed by atoms with Crippen LogP contribution in [0.2, 0.25) is 0 Å². The van der Waals surface area contributed by atoms with Gasteiger partial charge >= 0.3 is 0 Å². The SMILES string of the molecule is COc1ccccc1C=CC(=O)N(CCO)C1CCCC1. The molecule has 0 bridgehead atoms. The van der Waals surface area contributed by atoms with Gasteiger partial charge in [0.1, 0.15) is 5.75 Å². The van der Waals surface area contributed by atoms with Gasteiger partial charge in [0.2, 0.25) is 5.91 Å². The first kappa shape index (κ1) is 15.6. The van der Waals surface area contributed by atoms with Crippen LogP contribution in [0.15, 0.2) is 30.3 Å². The Balaban J connectivity index is 2.08. The second kappa shape index (κ2) is 7.84. The smallest absolute Gasteiger partial charge is 0.246 e. The summed E-state index contributed by atoms with van der Waals surface area (Å²) in [5.74, 6) is 0.706. The lowest BCUT2D eigenvalue weighted by molar-refractivity contribution is -0.128. The van der Waals surface area contributed by atoms with Gasteiger partial charge in [-0.25, -0.2) is 0 Å². The normalized spacial score (nSPS) is 15.5. The van der Waals surface area contributed by atoms with Gasteiger partial charge in [-0.2, -0.15) is 0 Å². The second-order valence-corrected chi connectivity index (χ2v) is 5.27. The van der Waals surface area contributed by atoms with Crippen molar-refractivity contribution in [2.75, 3.05) is 20.3 Å². The number of aliphatic hydroxyl groups is 1. The molecule has 4 nitrogen and oxygen atoms in total. The number of amides is 1. The van der Waals surface area contributed by atoms with Crippen LogP contribution in [0.1, 0.15) is 31.2 Å². The number of benzene rings is 1. The number of methoxy groups -OCH3 is 1. The summed E-state index contributed by atoms with van der Waals surface area (Å²) in [5, 5.41) is 9.18. The molecule has 4 heteroatoms. The predicted molar refractivity (Wildman–Crippen MR) is 83.1 cm³/mol. The first-order valence-corrected chi connectivity index (χ1v) is 7.49. The van der Waals surface area contributed by atoms with E-state index in [-0.39, 0.29) is 18.6 Å². The summed E-state index contributed by atoms with van der Waals surface area (Å²) >= 11 is 0. The molecule has 2 rings (SSSR count). The third-order valence-electron chi connectivity index (χ3n) is 3.93. The molecule has 0 aromatic heterocycles. The Bertz CT molecular complexity index is 493.